The van der Waals surface area contributed by atoms with Crippen LogP contribution >= 0.6 is 11.3 Å². The third kappa shape index (κ3) is 3.03. The van der Waals surface area contributed by atoms with E-state index >= 15 is 0 Å². The van der Waals surface area contributed by atoms with Gasteiger partial charge in [0.05, 0.1) is 10.5 Å². The van der Waals surface area contributed by atoms with E-state index < -0.39 is 36.2 Å². The first-order valence-electron chi connectivity index (χ1n) is 5.11. The fourth-order valence-corrected chi connectivity index (χ4v) is 3.63. The molecule has 1 aromatic carbocycles. The molecule has 1 N–H and O–H groups in total. The van der Waals surface area contributed by atoms with E-state index in [4.69, 9.17) is 5.11 Å². The number of carboxylic acids is 1. The van der Waals surface area contributed by atoms with Crippen LogP contribution in [0.15, 0.2) is 33.5 Å². The molecule has 0 bridgehead atoms. The molecule has 0 aliphatic heterocycles. The highest BCUT2D eigenvalue weighted by Gasteiger charge is 2.37. The first-order chi connectivity index (χ1) is 9.62. The Morgan fingerprint density at radius 1 is 1.24 bits per heavy atom. The van der Waals surface area contributed by atoms with Crippen LogP contribution in [0.1, 0.15) is 15.4 Å². The van der Waals surface area contributed by atoms with Gasteiger partial charge in [-0.25, -0.2) is 13.2 Å². The number of carboxylic acid groups (broad SMARTS) is 1. The summed E-state index contributed by atoms with van der Waals surface area (Å²) >= 11 is -0.127. The van der Waals surface area contributed by atoms with Gasteiger partial charge in [0.25, 0.3) is 0 Å². The molecule has 11 heteroatoms. The van der Waals surface area contributed by atoms with Crippen LogP contribution in [0.25, 0.3) is 0 Å². The SMILES string of the molecule is O=C(O)c1cccc(S(=O)(=O)c2nnc(C(F)(F)F)s2)c1. The van der Waals surface area contributed by atoms with Crippen molar-refractivity contribution in [2.75, 3.05) is 0 Å². The molecule has 0 amide bonds. The lowest BCUT2D eigenvalue weighted by Gasteiger charge is -2.01. The van der Waals surface area contributed by atoms with Gasteiger partial charge in [0.1, 0.15) is 0 Å². The van der Waals surface area contributed by atoms with Crippen molar-refractivity contribution in [1.82, 2.24) is 10.2 Å². The highest BCUT2D eigenvalue weighted by molar-refractivity contribution is 7.93. The number of benzene rings is 1. The molecule has 0 saturated heterocycles. The summed E-state index contributed by atoms with van der Waals surface area (Å²) in [6.45, 7) is 0. The van der Waals surface area contributed by atoms with Crippen LogP contribution in [-0.4, -0.2) is 29.7 Å². The lowest BCUT2D eigenvalue weighted by atomic mass is 10.2. The zero-order chi connectivity index (χ0) is 15.8. The molecular weight excluding hydrogens is 333 g/mol. The van der Waals surface area contributed by atoms with E-state index in [1.165, 1.54) is 6.07 Å². The number of sulfone groups is 1. The van der Waals surface area contributed by atoms with Gasteiger partial charge in [0.15, 0.2) is 0 Å². The Hall–Kier alpha value is -2.01. The largest absolute Gasteiger partial charge is 0.478 e. The average molecular weight is 338 g/mol. The number of nitrogens with zero attached hydrogens (tertiary/aromatic N) is 2. The quantitative estimate of drug-likeness (QED) is 0.920. The molecule has 1 aromatic heterocycles. The summed E-state index contributed by atoms with van der Waals surface area (Å²) in [5, 5.41) is 13.2. The Kier molecular flexibility index (Phi) is 3.72. The van der Waals surface area contributed by atoms with E-state index in [1.807, 2.05) is 0 Å². The van der Waals surface area contributed by atoms with Gasteiger partial charge in [0, 0.05) is 0 Å². The molecule has 1 heterocycles. The number of hydrogen-bond donors (Lipinski definition) is 1. The smallest absolute Gasteiger partial charge is 0.445 e. The molecule has 0 fully saturated rings. The van der Waals surface area contributed by atoms with Crippen LogP contribution in [0, 0.1) is 0 Å². The Morgan fingerprint density at radius 2 is 1.90 bits per heavy atom. The van der Waals surface area contributed by atoms with Crippen molar-refractivity contribution in [3.8, 4) is 0 Å². The second-order valence-electron chi connectivity index (χ2n) is 3.71. The zero-order valence-electron chi connectivity index (χ0n) is 9.83. The molecule has 0 atom stereocenters. The van der Waals surface area contributed by atoms with Crippen molar-refractivity contribution in [3.63, 3.8) is 0 Å². The molecule has 2 rings (SSSR count). The fraction of sp³-hybridized carbons (Fsp3) is 0.100. The third-order valence-corrected chi connectivity index (χ3v) is 5.36. The predicted octanol–water partition coefficient (Wildman–Crippen LogP) is 2.09. The van der Waals surface area contributed by atoms with Gasteiger partial charge in [0.2, 0.25) is 19.2 Å². The molecule has 0 unspecified atom stereocenters. The number of rotatable bonds is 3. The van der Waals surface area contributed by atoms with Crippen molar-refractivity contribution in [2.45, 2.75) is 15.4 Å². The van der Waals surface area contributed by atoms with Crippen molar-refractivity contribution in [3.05, 3.63) is 34.8 Å². The fourth-order valence-electron chi connectivity index (χ4n) is 1.33. The van der Waals surface area contributed by atoms with Crippen LogP contribution in [0.5, 0.6) is 0 Å². The van der Waals surface area contributed by atoms with E-state index in [0.717, 1.165) is 18.2 Å². The monoisotopic (exact) mass is 338 g/mol. The number of hydrogen-bond acceptors (Lipinski definition) is 6. The second kappa shape index (κ2) is 5.07. The predicted molar refractivity (Wildman–Crippen MR) is 63.8 cm³/mol. The Balaban J connectivity index is 2.50. The summed E-state index contributed by atoms with van der Waals surface area (Å²) in [6.07, 6.45) is -4.80. The van der Waals surface area contributed by atoms with Crippen molar-refractivity contribution >= 4 is 27.1 Å². The summed E-state index contributed by atoms with van der Waals surface area (Å²) in [5.41, 5.74) is -0.309. The van der Waals surface area contributed by atoms with Crippen molar-refractivity contribution < 1.29 is 31.5 Å². The summed E-state index contributed by atoms with van der Waals surface area (Å²) in [7, 11) is -4.35. The normalized spacial score (nSPS) is 12.3. The molecule has 6 nitrogen and oxygen atoms in total. The van der Waals surface area contributed by atoms with Crippen LogP contribution in [0.3, 0.4) is 0 Å². The molecule has 21 heavy (non-hydrogen) atoms. The minimum Gasteiger partial charge on any atom is -0.478 e. The van der Waals surface area contributed by atoms with Gasteiger partial charge in [-0.3, -0.25) is 0 Å². The van der Waals surface area contributed by atoms with Crippen LogP contribution in [-0.2, 0) is 16.0 Å². The zero-order valence-corrected chi connectivity index (χ0v) is 11.5. The molecule has 0 spiro atoms. The molecule has 0 aliphatic carbocycles. The van der Waals surface area contributed by atoms with Gasteiger partial charge in [-0.1, -0.05) is 17.4 Å². The van der Waals surface area contributed by atoms with Crippen LogP contribution in [0.4, 0.5) is 13.2 Å². The highest BCUT2D eigenvalue weighted by Crippen LogP contribution is 2.34. The summed E-state index contributed by atoms with van der Waals surface area (Å²) in [4.78, 5) is 10.3. The van der Waals surface area contributed by atoms with Gasteiger partial charge >= 0.3 is 12.1 Å². The lowest BCUT2D eigenvalue weighted by molar-refractivity contribution is -0.138. The Labute approximate surface area is 119 Å². The molecule has 112 valence electrons. The average Bonchev–Trinajstić information content (AvgIpc) is 2.89. The van der Waals surface area contributed by atoms with Gasteiger partial charge in [-0.05, 0) is 18.2 Å². The maximum absolute atomic E-state index is 12.4. The number of alkyl halides is 3. The van der Waals surface area contributed by atoms with E-state index in [2.05, 4.69) is 10.2 Å². The Bertz CT molecular complexity index is 799. The molecule has 0 aliphatic rings. The van der Waals surface area contributed by atoms with E-state index in [9.17, 15) is 26.4 Å². The lowest BCUT2D eigenvalue weighted by Crippen LogP contribution is -2.04. The second-order valence-corrected chi connectivity index (χ2v) is 6.81. The van der Waals surface area contributed by atoms with Crippen LogP contribution < -0.4 is 0 Å². The van der Waals surface area contributed by atoms with Gasteiger partial charge < -0.3 is 5.11 Å². The number of halogens is 3. The first kappa shape index (κ1) is 15.4. The van der Waals surface area contributed by atoms with E-state index in [-0.39, 0.29) is 16.9 Å². The number of aromatic nitrogens is 2. The number of aromatic carboxylic acids is 1. The minimum atomic E-state index is -4.80. The standard InChI is InChI=1S/C10H5F3N2O4S2/c11-10(12,13)8-14-15-9(20-8)21(18,19)6-3-1-2-5(4-6)7(16)17/h1-4H,(H,16,17). The molecular formula is C10H5F3N2O4S2. The molecule has 0 radical (unpaired) electrons. The Morgan fingerprint density at radius 3 is 2.43 bits per heavy atom. The minimum absolute atomic E-state index is 0.127. The topological polar surface area (TPSA) is 97.2 Å². The van der Waals surface area contributed by atoms with E-state index in [0.29, 0.717) is 0 Å². The summed E-state index contributed by atoms with van der Waals surface area (Å²) in [6, 6.07) is 4.23. The summed E-state index contributed by atoms with van der Waals surface area (Å²) in [5.74, 6) is -1.36. The van der Waals surface area contributed by atoms with Gasteiger partial charge in [-0.2, -0.15) is 13.2 Å². The first-order valence-corrected chi connectivity index (χ1v) is 7.41. The maximum atomic E-state index is 12.4. The van der Waals surface area contributed by atoms with Crippen LogP contribution in [0.2, 0.25) is 0 Å². The third-order valence-electron chi connectivity index (χ3n) is 2.27. The summed E-state index contributed by atoms with van der Waals surface area (Å²) < 4.78 is 60.5. The maximum Gasteiger partial charge on any atom is 0.445 e. The van der Waals surface area contributed by atoms with Gasteiger partial charge in [-0.15, -0.1) is 10.2 Å². The number of carbonyl (C=O) groups is 1. The highest BCUT2D eigenvalue weighted by atomic mass is 32.2. The van der Waals surface area contributed by atoms with Crippen molar-refractivity contribution in [1.29, 1.82) is 0 Å². The molecule has 0 saturated carbocycles. The van der Waals surface area contributed by atoms with E-state index in [1.54, 1.807) is 0 Å². The van der Waals surface area contributed by atoms with Crippen molar-refractivity contribution in [2.24, 2.45) is 0 Å². The molecule has 2 aromatic rings.